The summed E-state index contributed by atoms with van der Waals surface area (Å²) < 4.78 is 7.08. The molecule has 0 spiro atoms. The number of carbonyl (C=O) groups excluding carboxylic acids is 1. The lowest BCUT2D eigenvalue weighted by Gasteiger charge is -2.03. The van der Waals surface area contributed by atoms with Crippen LogP contribution in [0.25, 0.3) is 10.9 Å². The number of amides is 1. The van der Waals surface area contributed by atoms with Crippen molar-refractivity contribution < 1.29 is 9.53 Å². The number of rotatable bonds is 8. The summed E-state index contributed by atoms with van der Waals surface area (Å²) in [6.07, 6.45) is 0. The van der Waals surface area contributed by atoms with E-state index in [1.165, 1.54) is 5.39 Å². The number of aromatic nitrogens is 2. The van der Waals surface area contributed by atoms with Crippen molar-refractivity contribution in [2.24, 2.45) is 5.73 Å². The minimum absolute atomic E-state index is 0.0327. The third-order valence-corrected chi connectivity index (χ3v) is 2.99. The number of carbonyl (C=O) groups is 1. The average Bonchev–Trinajstić information content (AvgIpc) is 2.81. The lowest BCUT2D eigenvalue weighted by Crippen LogP contribution is -2.24. The van der Waals surface area contributed by atoms with Crippen LogP contribution in [-0.4, -0.2) is 35.4 Å². The first-order chi connectivity index (χ1) is 9.72. The molecule has 1 amide bonds. The number of benzene rings is 1. The number of nitrogens with one attached hydrogen (secondary N) is 1. The van der Waals surface area contributed by atoms with E-state index in [0.29, 0.717) is 19.7 Å². The Morgan fingerprint density at radius 3 is 3.00 bits per heavy atom. The lowest BCUT2D eigenvalue weighted by atomic mass is 10.2. The Hall–Kier alpha value is -1.92. The molecule has 6 heteroatoms. The van der Waals surface area contributed by atoms with Gasteiger partial charge in [0.15, 0.2) is 0 Å². The second-order valence-electron chi connectivity index (χ2n) is 4.48. The number of hydrogen-bond acceptors (Lipinski definition) is 4. The summed E-state index contributed by atoms with van der Waals surface area (Å²) in [7, 11) is 0. The fourth-order valence-corrected chi connectivity index (χ4v) is 2.09. The quantitative estimate of drug-likeness (QED) is 0.693. The van der Waals surface area contributed by atoms with Gasteiger partial charge in [-0.15, -0.1) is 0 Å². The molecule has 2 rings (SSSR count). The van der Waals surface area contributed by atoms with Crippen molar-refractivity contribution in [2.45, 2.75) is 20.0 Å². The summed E-state index contributed by atoms with van der Waals surface area (Å²) in [5.74, 6) is -0.447. The number of nitrogens with zero attached hydrogens (tertiary/aromatic N) is 2. The van der Waals surface area contributed by atoms with Crippen LogP contribution in [0.1, 0.15) is 12.6 Å². The van der Waals surface area contributed by atoms with Gasteiger partial charge in [-0.05, 0) is 13.0 Å². The van der Waals surface area contributed by atoms with Crippen molar-refractivity contribution in [1.82, 2.24) is 15.1 Å². The molecule has 0 saturated carbocycles. The predicted molar refractivity (Wildman–Crippen MR) is 77.1 cm³/mol. The van der Waals surface area contributed by atoms with Crippen molar-refractivity contribution in [2.75, 3.05) is 19.8 Å². The van der Waals surface area contributed by atoms with Crippen LogP contribution in [0, 0.1) is 0 Å². The van der Waals surface area contributed by atoms with Gasteiger partial charge in [-0.25, -0.2) is 0 Å². The van der Waals surface area contributed by atoms with Gasteiger partial charge in [-0.2, -0.15) is 5.10 Å². The van der Waals surface area contributed by atoms with Gasteiger partial charge in [-0.1, -0.05) is 18.2 Å². The molecule has 0 saturated heterocycles. The van der Waals surface area contributed by atoms with E-state index in [4.69, 9.17) is 10.5 Å². The molecule has 1 heterocycles. The van der Waals surface area contributed by atoms with E-state index in [0.717, 1.165) is 17.8 Å². The fourth-order valence-electron chi connectivity index (χ4n) is 2.09. The molecule has 0 fully saturated rings. The second kappa shape index (κ2) is 7.02. The molecular formula is C14H20N4O2. The summed E-state index contributed by atoms with van der Waals surface area (Å²) in [6.45, 7) is 4.68. The SMILES string of the molecule is CCn1nc(CNCCOCC(N)=O)c2ccccc21. The standard InChI is InChI=1S/C14H20N4O2/c1-2-18-13-6-4-3-5-11(13)12(17-18)9-16-7-8-20-10-14(15)19/h3-6,16H,2,7-10H2,1H3,(H2,15,19). The van der Waals surface area contributed by atoms with Crippen LogP contribution in [0.5, 0.6) is 0 Å². The highest BCUT2D eigenvalue weighted by atomic mass is 16.5. The summed E-state index contributed by atoms with van der Waals surface area (Å²) in [6, 6.07) is 8.19. The van der Waals surface area contributed by atoms with Gasteiger partial charge < -0.3 is 15.8 Å². The van der Waals surface area contributed by atoms with E-state index < -0.39 is 5.91 Å². The Morgan fingerprint density at radius 2 is 2.25 bits per heavy atom. The van der Waals surface area contributed by atoms with E-state index in [1.807, 2.05) is 16.8 Å². The van der Waals surface area contributed by atoms with Crippen molar-refractivity contribution in [3.8, 4) is 0 Å². The normalized spacial score (nSPS) is 11.1. The number of ether oxygens (including phenoxy) is 1. The van der Waals surface area contributed by atoms with E-state index in [9.17, 15) is 4.79 Å². The second-order valence-corrected chi connectivity index (χ2v) is 4.48. The van der Waals surface area contributed by atoms with Crippen LogP contribution in [0.15, 0.2) is 24.3 Å². The highest BCUT2D eigenvalue weighted by Gasteiger charge is 2.08. The summed E-state index contributed by atoms with van der Waals surface area (Å²) >= 11 is 0. The zero-order valence-electron chi connectivity index (χ0n) is 11.6. The number of para-hydroxylation sites is 1. The molecular weight excluding hydrogens is 256 g/mol. The van der Waals surface area contributed by atoms with Crippen LogP contribution in [-0.2, 0) is 22.6 Å². The molecule has 0 atom stereocenters. The maximum atomic E-state index is 10.5. The molecule has 1 aromatic heterocycles. The van der Waals surface area contributed by atoms with Crippen LogP contribution in [0.3, 0.4) is 0 Å². The fraction of sp³-hybridized carbons (Fsp3) is 0.429. The van der Waals surface area contributed by atoms with Gasteiger partial charge in [0.1, 0.15) is 6.61 Å². The smallest absolute Gasteiger partial charge is 0.243 e. The van der Waals surface area contributed by atoms with E-state index in [1.54, 1.807) is 0 Å². The maximum Gasteiger partial charge on any atom is 0.243 e. The van der Waals surface area contributed by atoms with E-state index >= 15 is 0 Å². The number of aryl methyl sites for hydroxylation is 1. The third-order valence-electron chi connectivity index (χ3n) is 2.99. The van der Waals surface area contributed by atoms with Gasteiger partial charge in [0.2, 0.25) is 5.91 Å². The van der Waals surface area contributed by atoms with E-state index in [-0.39, 0.29) is 6.61 Å². The monoisotopic (exact) mass is 276 g/mol. The number of hydrogen-bond donors (Lipinski definition) is 2. The first-order valence-electron chi connectivity index (χ1n) is 6.73. The Kier molecular flexibility index (Phi) is 5.09. The van der Waals surface area contributed by atoms with E-state index in [2.05, 4.69) is 29.5 Å². The van der Waals surface area contributed by atoms with Crippen molar-refractivity contribution in [3.63, 3.8) is 0 Å². The van der Waals surface area contributed by atoms with Crippen molar-refractivity contribution >= 4 is 16.8 Å². The molecule has 108 valence electrons. The largest absolute Gasteiger partial charge is 0.370 e. The van der Waals surface area contributed by atoms with Crippen molar-refractivity contribution in [1.29, 1.82) is 0 Å². The van der Waals surface area contributed by atoms with Gasteiger partial charge >= 0.3 is 0 Å². The molecule has 2 aromatic rings. The minimum atomic E-state index is -0.447. The summed E-state index contributed by atoms with van der Waals surface area (Å²) in [5.41, 5.74) is 7.16. The molecule has 6 nitrogen and oxygen atoms in total. The molecule has 0 aliphatic heterocycles. The minimum Gasteiger partial charge on any atom is -0.370 e. The van der Waals surface area contributed by atoms with Crippen LogP contribution < -0.4 is 11.1 Å². The Bertz CT molecular complexity index is 580. The number of nitrogens with two attached hydrogens (primary N) is 1. The molecule has 0 bridgehead atoms. The van der Waals surface area contributed by atoms with Gasteiger partial charge in [-0.3, -0.25) is 9.48 Å². The summed E-state index contributed by atoms with van der Waals surface area (Å²) in [5, 5.41) is 9.01. The topological polar surface area (TPSA) is 82.2 Å². The highest BCUT2D eigenvalue weighted by molar-refractivity contribution is 5.81. The van der Waals surface area contributed by atoms with Gasteiger partial charge in [0, 0.05) is 25.0 Å². The molecule has 3 N–H and O–H groups in total. The molecule has 20 heavy (non-hydrogen) atoms. The number of fused-ring (bicyclic) bond motifs is 1. The van der Waals surface area contributed by atoms with Crippen LogP contribution in [0.4, 0.5) is 0 Å². The zero-order valence-corrected chi connectivity index (χ0v) is 11.6. The van der Waals surface area contributed by atoms with Crippen molar-refractivity contribution in [3.05, 3.63) is 30.0 Å². The first-order valence-corrected chi connectivity index (χ1v) is 6.73. The third kappa shape index (κ3) is 3.55. The Balaban J connectivity index is 1.88. The first kappa shape index (κ1) is 14.5. The molecule has 0 aliphatic carbocycles. The Labute approximate surface area is 117 Å². The van der Waals surface area contributed by atoms with Crippen LogP contribution >= 0.6 is 0 Å². The number of primary amides is 1. The highest BCUT2D eigenvalue weighted by Crippen LogP contribution is 2.17. The van der Waals surface area contributed by atoms with Gasteiger partial charge in [0.25, 0.3) is 0 Å². The molecule has 0 aliphatic rings. The zero-order chi connectivity index (χ0) is 14.4. The molecule has 0 radical (unpaired) electrons. The molecule has 0 unspecified atom stereocenters. The lowest BCUT2D eigenvalue weighted by molar-refractivity contribution is -0.122. The molecule has 1 aromatic carbocycles. The predicted octanol–water partition coefficient (Wildman–Crippen LogP) is 0.648. The maximum absolute atomic E-state index is 10.5. The van der Waals surface area contributed by atoms with Gasteiger partial charge in [0.05, 0.1) is 17.8 Å². The average molecular weight is 276 g/mol. The van der Waals surface area contributed by atoms with Crippen LogP contribution in [0.2, 0.25) is 0 Å². The summed E-state index contributed by atoms with van der Waals surface area (Å²) in [4.78, 5) is 10.5. The Morgan fingerprint density at radius 1 is 1.45 bits per heavy atom.